The van der Waals surface area contributed by atoms with Crippen LogP contribution in [0, 0.1) is 0 Å². The van der Waals surface area contributed by atoms with Crippen molar-refractivity contribution in [1.82, 2.24) is 0 Å². The molecule has 4 nitrogen and oxygen atoms in total. The Labute approximate surface area is 160 Å². The average Bonchev–Trinajstić information content (AvgIpc) is 2.45. The molecule has 0 rings (SSSR count). The van der Waals surface area contributed by atoms with Crippen molar-refractivity contribution in [3.8, 4) is 0 Å². The molecule has 0 heterocycles. The third kappa shape index (κ3) is 33.8. The van der Waals surface area contributed by atoms with Crippen molar-refractivity contribution in [1.29, 1.82) is 0 Å². The molecule has 0 aliphatic carbocycles. The third-order valence-electron chi connectivity index (χ3n) is 1.34. The molecule has 0 bridgehead atoms. The predicted molar refractivity (Wildman–Crippen MR) is 104 cm³/mol. The molecule has 9 heteroatoms. The van der Waals surface area contributed by atoms with Gasteiger partial charge in [0, 0.05) is 23.0 Å². The molecule has 0 aromatic carbocycles. The van der Waals surface area contributed by atoms with Gasteiger partial charge >= 0.3 is 43.0 Å². The first-order chi connectivity index (χ1) is 10.0. The fraction of sp³-hybridized carbons (Fsp3) is 0.833. The molecule has 0 fully saturated rings. The van der Waals surface area contributed by atoms with Crippen LogP contribution in [-0.2, 0) is 19.1 Å². The Morgan fingerprint density at radius 3 is 1.24 bits per heavy atom. The number of carbonyl (C=O) groups excluding carboxylic acids is 2. The Morgan fingerprint density at radius 1 is 0.762 bits per heavy atom. The predicted octanol–water partition coefficient (Wildman–Crippen LogP) is 2.35. The molecule has 0 aliphatic rings. The van der Waals surface area contributed by atoms with Gasteiger partial charge in [0.25, 0.3) is 0 Å². The van der Waals surface area contributed by atoms with Gasteiger partial charge in [-0.05, 0) is 0 Å². The summed E-state index contributed by atoms with van der Waals surface area (Å²) in [4.78, 5) is 25.6. The summed E-state index contributed by atoms with van der Waals surface area (Å²) in [6.07, 6.45) is 0.772. The van der Waals surface area contributed by atoms with Crippen molar-refractivity contribution in [2.24, 2.45) is 0 Å². The number of hydrogen-bond acceptors (Lipinski definition) is 8. The van der Waals surface area contributed by atoms with E-state index in [0.717, 1.165) is 0 Å². The van der Waals surface area contributed by atoms with Crippen LogP contribution < -0.4 is 0 Å². The van der Waals surface area contributed by atoms with E-state index in [4.69, 9.17) is 0 Å². The minimum atomic E-state index is -0.195. The number of ether oxygens (including phenoxy) is 2. The molecule has 0 saturated carbocycles. The summed E-state index contributed by atoms with van der Waals surface area (Å²) in [6, 6.07) is 0. The fourth-order valence-corrected chi connectivity index (χ4v) is 1.19. The van der Waals surface area contributed by atoms with Crippen LogP contribution >= 0.6 is 50.5 Å². The van der Waals surface area contributed by atoms with E-state index in [-0.39, 0.29) is 33.1 Å². The van der Waals surface area contributed by atoms with Crippen LogP contribution in [0.25, 0.3) is 0 Å². The average molecular weight is 481 g/mol. The van der Waals surface area contributed by atoms with Crippen LogP contribution in [0.1, 0.15) is 12.8 Å². The van der Waals surface area contributed by atoms with E-state index in [1.54, 1.807) is 0 Å². The Hall–Kier alpha value is 1.14. The molecule has 0 aliphatic heterocycles. The SMILES string of the molecule is O=C(CCS)OCCS.O=C(CCS)OCCS.[CH3][Sn][CH3]. The topological polar surface area (TPSA) is 52.6 Å². The van der Waals surface area contributed by atoms with Crippen LogP contribution in [0.4, 0.5) is 0 Å². The zero-order valence-corrected chi connectivity index (χ0v) is 19.0. The molecular formula is C12H26O4S4Sn. The maximum absolute atomic E-state index is 10.5. The molecule has 0 N–H and O–H groups in total. The Kier molecular flexibility index (Phi) is 33.5. The molecule has 0 atom stereocenters. The zero-order valence-electron chi connectivity index (χ0n) is 12.6. The summed E-state index contributed by atoms with van der Waals surface area (Å²) < 4.78 is 9.33. The first-order valence-electron chi connectivity index (χ1n) is 6.37. The van der Waals surface area contributed by atoms with Crippen LogP contribution in [0.3, 0.4) is 0 Å². The van der Waals surface area contributed by atoms with Gasteiger partial charge in [0.1, 0.15) is 13.2 Å². The summed E-state index contributed by atoms with van der Waals surface area (Å²) in [5.74, 6) is 1.87. The number of carbonyl (C=O) groups is 2. The van der Waals surface area contributed by atoms with Crippen molar-refractivity contribution in [3.05, 3.63) is 0 Å². The number of esters is 2. The molecule has 0 aromatic heterocycles. The van der Waals surface area contributed by atoms with Crippen molar-refractivity contribution in [2.75, 3.05) is 36.2 Å². The van der Waals surface area contributed by atoms with E-state index < -0.39 is 0 Å². The molecule has 0 saturated heterocycles. The molecule has 0 amide bonds. The molecule has 21 heavy (non-hydrogen) atoms. The summed E-state index contributed by atoms with van der Waals surface area (Å²) in [5.41, 5.74) is 0. The Bertz CT molecular complexity index is 211. The zero-order chi connectivity index (χ0) is 16.9. The van der Waals surface area contributed by atoms with E-state index >= 15 is 0 Å². The minimum absolute atomic E-state index is 0.195. The first kappa shape index (κ1) is 27.0. The second kappa shape index (κ2) is 26.1. The quantitative estimate of drug-likeness (QED) is 0.244. The number of hydrogen-bond donors (Lipinski definition) is 4. The normalized spacial score (nSPS) is 8.67. The Morgan fingerprint density at radius 2 is 1.05 bits per heavy atom. The third-order valence-corrected chi connectivity index (χ3v) is 2.15. The second-order valence-electron chi connectivity index (χ2n) is 3.34. The monoisotopic (exact) mass is 482 g/mol. The van der Waals surface area contributed by atoms with Crippen LogP contribution in [-0.4, -0.2) is 69.3 Å². The van der Waals surface area contributed by atoms with Gasteiger partial charge in [-0.25, -0.2) is 0 Å². The van der Waals surface area contributed by atoms with Crippen molar-refractivity contribution in [3.63, 3.8) is 0 Å². The van der Waals surface area contributed by atoms with Gasteiger partial charge in [-0.1, -0.05) is 0 Å². The number of thiol groups is 4. The molecule has 126 valence electrons. The van der Waals surface area contributed by atoms with Crippen molar-refractivity contribution < 1.29 is 19.1 Å². The van der Waals surface area contributed by atoms with Gasteiger partial charge in [0.15, 0.2) is 0 Å². The van der Waals surface area contributed by atoms with E-state index in [0.29, 0.717) is 49.1 Å². The van der Waals surface area contributed by atoms with Gasteiger partial charge in [-0.15, -0.1) is 0 Å². The molecule has 0 unspecified atom stereocenters. The van der Waals surface area contributed by atoms with E-state index in [2.05, 4.69) is 69.9 Å². The summed E-state index contributed by atoms with van der Waals surface area (Å²) >= 11 is 15.7. The van der Waals surface area contributed by atoms with Crippen LogP contribution in [0.5, 0.6) is 0 Å². The Balaban J connectivity index is -0.000000260. The molecular weight excluding hydrogens is 455 g/mol. The summed E-state index contributed by atoms with van der Waals surface area (Å²) in [5, 5.41) is 0. The van der Waals surface area contributed by atoms with Gasteiger partial charge in [-0.3, -0.25) is 9.59 Å². The van der Waals surface area contributed by atoms with Gasteiger partial charge in [-0.2, -0.15) is 50.5 Å². The van der Waals surface area contributed by atoms with E-state index in [1.807, 2.05) is 0 Å². The summed E-state index contributed by atoms with van der Waals surface area (Å²) in [6.45, 7) is 0.797. The fourth-order valence-electron chi connectivity index (χ4n) is 0.646. The maximum atomic E-state index is 10.5. The molecule has 0 spiro atoms. The van der Waals surface area contributed by atoms with Gasteiger partial charge in [0.2, 0.25) is 0 Å². The van der Waals surface area contributed by atoms with Crippen LogP contribution in [0.2, 0.25) is 9.88 Å². The second-order valence-corrected chi connectivity index (χ2v) is 7.98. The van der Waals surface area contributed by atoms with E-state index in [9.17, 15) is 9.59 Å². The van der Waals surface area contributed by atoms with Gasteiger partial charge in [0.05, 0.1) is 12.8 Å². The summed E-state index contributed by atoms with van der Waals surface area (Å²) in [7, 11) is 0. The molecule has 2 radical (unpaired) electrons. The van der Waals surface area contributed by atoms with E-state index in [1.165, 1.54) is 0 Å². The molecule has 0 aromatic rings. The van der Waals surface area contributed by atoms with Crippen LogP contribution in [0.15, 0.2) is 0 Å². The standard InChI is InChI=1S/2C5H10O2S2.2CH3.Sn/c2*6-5(1-3-8)7-2-4-9;;;/h2*8-9H,1-4H2;2*1H3;. The van der Waals surface area contributed by atoms with Crippen molar-refractivity contribution in [2.45, 2.75) is 22.7 Å². The number of rotatable bonds is 8. The van der Waals surface area contributed by atoms with Crippen molar-refractivity contribution >= 4 is 83.6 Å². The first-order valence-corrected chi connectivity index (χ1v) is 14.6. The van der Waals surface area contributed by atoms with Gasteiger partial charge < -0.3 is 9.47 Å².